The smallest absolute Gasteiger partial charge is 0.305 e. The predicted octanol–water partition coefficient (Wildman–Crippen LogP) is 4.10. The summed E-state index contributed by atoms with van der Waals surface area (Å²) in [5.74, 6) is -0.0338. The second kappa shape index (κ2) is 10.2. The van der Waals surface area contributed by atoms with Gasteiger partial charge in [0, 0.05) is 18.7 Å². The summed E-state index contributed by atoms with van der Waals surface area (Å²) in [6.45, 7) is 4.92. The van der Waals surface area contributed by atoms with Crippen LogP contribution in [0.1, 0.15) is 66.1 Å². The van der Waals surface area contributed by atoms with Crippen molar-refractivity contribution in [3.63, 3.8) is 0 Å². The predicted molar refractivity (Wildman–Crippen MR) is 118 cm³/mol. The van der Waals surface area contributed by atoms with Crippen molar-refractivity contribution in [1.29, 1.82) is 0 Å². The van der Waals surface area contributed by atoms with Gasteiger partial charge in [0.05, 0.1) is 12.5 Å². The lowest BCUT2D eigenvalue weighted by Crippen LogP contribution is -2.30. The van der Waals surface area contributed by atoms with E-state index in [1.165, 1.54) is 5.56 Å². The van der Waals surface area contributed by atoms with Crippen LogP contribution in [0.2, 0.25) is 0 Å². The summed E-state index contributed by atoms with van der Waals surface area (Å²) in [6.07, 6.45) is 4.92. The number of aliphatic carboxylic acids is 1. The van der Waals surface area contributed by atoms with Gasteiger partial charge in [-0.05, 0) is 63.1 Å². The molecule has 1 atom stereocenters. The summed E-state index contributed by atoms with van der Waals surface area (Å²) < 4.78 is 0. The molecule has 1 unspecified atom stereocenters. The second-order valence-corrected chi connectivity index (χ2v) is 8.19. The van der Waals surface area contributed by atoms with Gasteiger partial charge in [-0.3, -0.25) is 9.59 Å². The number of aryl methyl sites for hydroxylation is 4. The molecule has 1 aromatic heterocycles. The monoisotopic (exact) mass is 409 g/mol. The number of fused-ring (bicyclic) bond motifs is 1. The van der Waals surface area contributed by atoms with Gasteiger partial charge in [-0.15, -0.1) is 0 Å². The molecule has 1 aromatic carbocycles. The zero-order valence-corrected chi connectivity index (χ0v) is 17.8. The lowest BCUT2D eigenvalue weighted by Gasteiger charge is -2.19. The number of carboxylic acid groups (broad SMARTS) is 1. The van der Waals surface area contributed by atoms with Gasteiger partial charge in [0.2, 0.25) is 5.91 Å². The van der Waals surface area contributed by atoms with E-state index in [9.17, 15) is 14.7 Å². The van der Waals surface area contributed by atoms with Gasteiger partial charge < -0.3 is 15.7 Å². The van der Waals surface area contributed by atoms with E-state index in [0.29, 0.717) is 6.42 Å². The number of hydrogen-bond donors (Lipinski definition) is 3. The van der Waals surface area contributed by atoms with Crippen LogP contribution in [0.5, 0.6) is 0 Å². The molecule has 1 aliphatic heterocycles. The molecule has 6 heteroatoms. The molecule has 2 aromatic rings. The van der Waals surface area contributed by atoms with E-state index in [0.717, 1.165) is 66.9 Å². The van der Waals surface area contributed by atoms with E-state index in [4.69, 9.17) is 4.98 Å². The van der Waals surface area contributed by atoms with Crippen LogP contribution < -0.4 is 10.6 Å². The van der Waals surface area contributed by atoms with Crippen molar-refractivity contribution in [2.75, 3.05) is 11.9 Å². The van der Waals surface area contributed by atoms with Crippen LogP contribution in [0.4, 0.5) is 5.82 Å². The zero-order valence-electron chi connectivity index (χ0n) is 17.8. The van der Waals surface area contributed by atoms with E-state index in [1.807, 2.05) is 32.0 Å². The molecular weight excluding hydrogens is 378 g/mol. The van der Waals surface area contributed by atoms with E-state index < -0.39 is 12.0 Å². The Bertz CT molecular complexity index is 890. The molecule has 6 nitrogen and oxygen atoms in total. The molecule has 2 heterocycles. The normalized spacial score (nSPS) is 13.8. The van der Waals surface area contributed by atoms with Crippen molar-refractivity contribution >= 4 is 17.7 Å². The standard InChI is InChI=1S/C24H31N3O3/c1-16-12-17(2)14-19(13-16)21(15-23(29)30)27-22(28)8-4-3-7-20-10-9-18-6-5-11-25-24(18)26-20/h9-10,12-14,21H,3-8,11,15H2,1-2H3,(H,25,26)(H,27,28)(H,29,30). The van der Waals surface area contributed by atoms with Crippen molar-refractivity contribution in [2.45, 2.75) is 64.8 Å². The zero-order chi connectivity index (χ0) is 21.5. The summed E-state index contributed by atoms with van der Waals surface area (Å²) in [6, 6.07) is 9.63. The molecule has 160 valence electrons. The van der Waals surface area contributed by atoms with E-state index >= 15 is 0 Å². The molecule has 0 saturated heterocycles. The average Bonchev–Trinajstić information content (AvgIpc) is 2.69. The number of carbonyl (C=O) groups excluding carboxylic acids is 1. The van der Waals surface area contributed by atoms with Gasteiger partial charge in [0.1, 0.15) is 5.82 Å². The first kappa shape index (κ1) is 21.8. The Labute approximate surface area is 178 Å². The highest BCUT2D eigenvalue weighted by Gasteiger charge is 2.18. The minimum atomic E-state index is -0.924. The van der Waals surface area contributed by atoms with Crippen molar-refractivity contribution in [1.82, 2.24) is 10.3 Å². The van der Waals surface area contributed by atoms with Gasteiger partial charge in [-0.1, -0.05) is 35.4 Å². The first-order valence-corrected chi connectivity index (χ1v) is 10.7. The molecule has 0 radical (unpaired) electrons. The van der Waals surface area contributed by atoms with E-state index in [-0.39, 0.29) is 12.3 Å². The maximum absolute atomic E-state index is 12.5. The minimum absolute atomic E-state index is 0.111. The van der Waals surface area contributed by atoms with Crippen LogP contribution in [0, 0.1) is 13.8 Å². The van der Waals surface area contributed by atoms with Crippen molar-refractivity contribution < 1.29 is 14.7 Å². The fourth-order valence-corrected chi connectivity index (χ4v) is 4.00. The van der Waals surface area contributed by atoms with Crippen LogP contribution in [0.3, 0.4) is 0 Å². The highest BCUT2D eigenvalue weighted by Crippen LogP contribution is 2.22. The maximum atomic E-state index is 12.5. The molecule has 0 spiro atoms. The van der Waals surface area contributed by atoms with Crippen LogP contribution in [0.25, 0.3) is 0 Å². The molecule has 3 rings (SSSR count). The van der Waals surface area contributed by atoms with Crippen LogP contribution in [0.15, 0.2) is 30.3 Å². The molecule has 0 aliphatic carbocycles. The van der Waals surface area contributed by atoms with Crippen molar-refractivity contribution in [3.05, 3.63) is 58.3 Å². The minimum Gasteiger partial charge on any atom is -0.481 e. The molecule has 30 heavy (non-hydrogen) atoms. The van der Waals surface area contributed by atoms with Crippen molar-refractivity contribution in [3.8, 4) is 0 Å². The highest BCUT2D eigenvalue weighted by molar-refractivity contribution is 5.77. The summed E-state index contributed by atoms with van der Waals surface area (Å²) in [7, 11) is 0. The molecule has 0 saturated carbocycles. The van der Waals surface area contributed by atoms with Crippen LogP contribution >= 0.6 is 0 Å². The van der Waals surface area contributed by atoms with Gasteiger partial charge in [0.25, 0.3) is 0 Å². The fraction of sp³-hybridized carbons (Fsp3) is 0.458. The summed E-state index contributed by atoms with van der Waals surface area (Å²) in [5.41, 5.74) is 5.28. The Kier molecular flexibility index (Phi) is 7.44. The maximum Gasteiger partial charge on any atom is 0.305 e. The van der Waals surface area contributed by atoms with Gasteiger partial charge >= 0.3 is 5.97 Å². The number of aromatic nitrogens is 1. The number of nitrogens with one attached hydrogen (secondary N) is 2. The first-order chi connectivity index (χ1) is 14.4. The Morgan fingerprint density at radius 3 is 2.67 bits per heavy atom. The van der Waals surface area contributed by atoms with E-state index in [2.05, 4.69) is 22.8 Å². The average molecular weight is 410 g/mol. The molecule has 3 N–H and O–H groups in total. The third-order valence-electron chi connectivity index (χ3n) is 5.40. The number of carbonyl (C=O) groups is 2. The second-order valence-electron chi connectivity index (χ2n) is 8.19. The van der Waals surface area contributed by atoms with Crippen LogP contribution in [-0.2, 0) is 22.4 Å². The van der Waals surface area contributed by atoms with Gasteiger partial charge in [0.15, 0.2) is 0 Å². The summed E-state index contributed by atoms with van der Waals surface area (Å²) >= 11 is 0. The lowest BCUT2D eigenvalue weighted by atomic mass is 9.98. The van der Waals surface area contributed by atoms with Crippen molar-refractivity contribution in [2.24, 2.45) is 0 Å². The Morgan fingerprint density at radius 1 is 1.17 bits per heavy atom. The number of rotatable bonds is 9. The van der Waals surface area contributed by atoms with E-state index in [1.54, 1.807) is 0 Å². The fourth-order valence-electron chi connectivity index (χ4n) is 4.00. The molecule has 0 bridgehead atoms. The molecule has 1 amide bonds. The van der Waals surface area contributed by atoms with Crippen LogP contribution in [-0.4, -0.2) is 28.5 Å². The molecular formula is C24H31N3O3. The van der Waals surface area contributed by atoms with Gasteiger partial charge in [-0.25, -0.2) is 4.98 Å². The quantitative estimate of drug-likeness (QED) is 0.542. The number of carboxylic acids is 1. The number of pyridine rings is 1. The number of benzene rings is 1. The number of anilines is 1. The topological polar surface area (TPSA) is 91.3 Å². The summed E-state index contributed by atoms with van der Waals surface area (Å²) in [4.78, 5) is 28.4. The SMILES string of the molecule is Cc1cc(C)cc(C(CC(=O)O)NC(=O)CCCCc2ccc3c(n2)NCCC3)c1. The third kappa shape index (κ3) is 6.31. The number of hydrogen-bond acceptors (Lipinski definition) is 4. The Morgan fingerprint density at radius 2 is 1.93 bits per heavy atom. The largest absolute Gasteiger partial charge is 0.481 e. The third-order valence-corrected chi connectivity index (χ3v) is 5.40. The Hall–Kier alpha value is -2.89. The number of nitrogens with zero attached hydrogens (tertiary/aromatic N) is 1. The first-order valence-electron chi connectivity index (χ1n) is 10.7. The number of amides is 1. The molecule has 1 aliphatic rings. The molecule has 0 fully saturated rings. The van der Waals surface area contributed by atoms with Gasteiger partial charge in [-0.2, -0.15) is 0 Å². The highest BCUT2D eigenvalue weighted by atomic mass is 16.4. The Balaban J connectivity index is 1.50. The number of unbranched alkanes of at least 4 members (excludes halogenated alkanes) is 1. The summed E-state index contributed by atoms with van der Waals surface area (Å²) in [5, 5.41) is 15.5. The lowest BCUT2D eigenvalue weighted by molar-refractivity contribution is -0.137.